The van der Waals surface area contributed by atoms with Crippen LogP contribution >= 0.6 is 12.4 Å². The summed E-state index contributed by atoms with van der Waals surface area (Å²) in [4.78, 5) is 6.29. The van der Waals surface area contributed by atoms with Crippen LogP contribution in [0.4, 0.5) is 5.69 Å². The van der Waals surface area contributed by atoms with Gasteiger partial charge in [0.25, 0.3) is 0 Å². The quantitative estimate of drug-likeness (QED) is 0.771. The number of aliphatic hydroxyl groups is 1. The third kappa shape index (κ3) is 2.81. The molecule has 0 atom stereocenters. The van der Waals surface area contributed by atoms with E-state index in [0.29, 0.717) is 0 Å². The Bertz CT molecular complexity index is 302. The molecule has 84 valence electrons. The Hall–Kier alpha value is -0.840. The van der Waals surface area contributed by atoms with Crippen LogP contribution in [-0.2, 0) is 6.61 Å². The Labute approximate surface area is 95.7 Å². The second kappa shape index (κ2) is 5.90. The Balaban J connectivity index is 0.00000112. The zero-order chi connectivity index (χ0) is 9.80. The van der Waals surface area contributed by atoms with Crippen LogP contribution in [0, 0.1) is 0 Å². The van der Waals surface area contributed by atoms with E-state index in [-0.39, 0.29) is 19.0 Å². The molecule has 1 aromatic heterocycles. The maximum atomic E-state index is 9.17. The average Bonchev–Trinajstić information content (AvgIpc) is 2.30. The van der Waals surface area contributed by atoms with Crippen LogP contribution in [0.5, 0.6) is 0 Å². The minimum absolute atomic E-state index is 0. The first-order valence-electron chi connectivity index (χ1n) is 4.91. The topological polar surface area (TPSA) is 48.4 Å². The van der Waals surface area contributed by atoms with Crippen molar-refractivity contribution < 1.29 is 5.11 Å². The fraction of sp³-hybridized carbons (Fsp3) is 0.500. The van der Waals surface area contributed by atoms with Crippen LogP contribution in [0.3, 0.4) is 0 Å². The summed E-state index contributed by atoms with van der Waals surface area (Å²) in [5.74, 6) is 0. The van der Waals surface area contributed by atoms with Crippen molar-refractivity contribution in [2.75, 3.05) is 31.1 Å². The fourth-order valence-electron chi connectivity index (χ4n) is 1.76. The maximum Gasteiger partial charge on any atom is 0.0717 e. The molecule has 0 aliphatic carbocycles. The fourth-order valence-corrected chi connectivity index (χ4v) is 1.76. The molecule has 0 radical (unpaired) electrons. The van der Waals surface area contributed by atoms with E-state index >= 15 is 0 Å². The molecule has 1 aliphatic rings. The molecule has 0 bridgehead atoms. The SMILES string of the molecule is Cl.OCc1cnccc1N1CCNCC1. The number of hydrogen-bond acceptors (Lipinski definition) is 4. The molecule has 1 aromatic rings. The Morgan fingerprint density at radius 2 is 2.13 bits per heavy atom. The Morgan fingerprint density at radius 3 is 2.80 bits per heavy atom. The lowest BCUT2D eigenvalue weighted by Gasteiger charge is -2.30. The van der Waals surface area contributed by atoms with E-state index in [0.717, 1.165) is 37.4 Å². The number of hydrogen-bond donors (Lipinski definition) is 2. The molecule has 2 rings (SSSR count). The summed E-state index contributed by atoms with van der Waals surface area (Å²) in [6.07, 6.45) is 3.51. The summed E-state index contributed by atoms with van der Waals surface area (Å²) >= 11 is 0. The molecule has 15 heavy (non-hydrogen) atoms. The largest absolute Gasteiger partial charge is 0.392 e. The molecule has 1 aliphatic heterocycles. The Kier molecular flexibility index (Phi) is 4.81. The number of nitrogens with one attached hydrogen (secondary N) is 1. The van der Waals surface area contributed by atoms with Gasteiger partial charge in [-0.3, -0.25) is 4.98 Å². The van der Waals surface area contributed by atoms with Crippen molar-refractivity contribution in [2.45, 2.75) is 6.61 Å². The van der Waals surface area contributed by atoms with Crippen LogP contribution in [0.1, 0.15) is 5.56 Å². The molecule has 5 heteroatoms. The van der Waals surface area contributed by atoms with Gasteiger partial charge < -0.3 is 15.3 Å². The number of aromatic nitrogens is 1. The lowest BCUT2D eigenvalue weighted by atomic mass is 10.2. The van der Waals surface area contributed by atoms with Gasteiger partial charge in [-0.05, 0) is 6.07 Å². The highest BCUT2D eigenvalue weighted by atomic mass is 35.5. The van der Waals surface area contributed by atoms with Crippen molar-refractivity contribution in [1.82, 2.24) is 10.3 Å². The summed E-state index contributed by atoms with van der Waals surface area (Å²) in [5, 5.41) is 12.5. The van der Waals surface area contributed by atoms with Crippen molar-refractivity contribution in [3.05, 3.63) is 24.0 Å². The van der Waals surface area contributed by atoms with Gasteiger partial charge in [-0.2, -0.15) is 0 Å². The first-order chi connectivity index (χ1) is 6.92. The van der Waals surface area contributed by atoms with Crippen molar-refractivity contribution in [2.24, 2.45) is 0 Å². The molecule has 1 saturated heterocycles. The molecule has 2 heterocycles. The monoisotopic (exact) mass is 229 g/mol. The molecule has 1 fully saturated rings. The van der Waals surface area contributed by atoms with Crippen LogP contribution in [-0.4, -0.2) is 36.3 Å². The van der Waals surface area contributed by atoms with Crippen LogP contribution in [0.15, 0.2) is 18.5 Å². The standard InChI is InChI=1S/C10H15N3O.ClH/c14-8-9-7-12-2-1-10(9)13-5-3-11-4-6-13;/h1-2,7,11,14H,3-6,8H2;1H. The van der Waals surface area contributed by atoms with Crippen LogP contribution in [0.25, 0.3) is 0 Å². The second-order valence-electron chi connectivity index (χ2n) is 3.40. The Morgan fingerprint density at radius 1 is 1.40 bits per heavy atom. The molecule has 4 nitrogen and oxygen atoms in total. The number of rotatable bonds is 2. The number of nitrogens with zero attached hydrogens (tertiary/aromatic N) is 2. The van der Waals surface area contributed by atoms with Gasteiger partial charge >= 0.3 is 0 Å². The third-order valence-electron chi connectivity index (χ3n) is 2.51. The summed E-state index contributed by atoms with van der Waals surface area (Å²) in [5.41, 5.74) is 2.03. The van der Waals surface area contributed by atoms with E-state index < -0.39 is 0 Å². The van der Waals surface area contributed by atoms with Gasteiger partial charge in [-0.25, -0.2) is 0 Å². The third-order valence-corrected chi connectivity index (χ3v) is 2.51. The zero-order valence-electron chi connectivity index (χ0n) is 8.52. The van der Waals surface area contributed by atoms with Crippen molar-refractivity contribution in [1.29, 1.82) is 0 Å². The zero-order valence-corrected chi connectivity index (χ0v) is 9.33. The first-order valence-corrected chi connectivity index (χ1v) is 4.91. The average molecular weight is 230 g/mol. The highest BCUT2D eigenvalue weighted by molar-refractivity contribution is 5.85. The molecular weight excluding hydrogens is 214 g/mol. The van der Waals surface area contributed by atoms with Gasteiger partial charge in [-0.15, -0.1) is 12.4 Å². The minimum Gasteiger partial charge on any atom is -0.392 e. The molecular formula is C10H16ClN3O. The molecule has 0 aromatic carbocycles. The highest BCUT2D eigenvalue weighted by Crippen LogP contribution is 2.19. The summed E-state index contributed by atoms with van der Waals surface area (Å²) in [6.45, 7) is 4.07. The van der Waals surface area contributed by atoms with Crippen LogP contribution < -0.4 is 10.2 Å². The predicted octanol–water partition coefficient (Wildman–Crippen LogP) is 0.405. The summed E-state index contributed by atoms with van der Waals surface area (Å²) < 4.78 is 0. The van der Waals surface area contributed by atoms with Gasteiger partial charge in [0.05, 0.1) is 6.61 Å². The summed E-state index contributed by atoms with van der Waals surface area (Å²) in [6, 6.07) is 1.97. The maximum absolute atomic E-state index is 9.17. The summed E-state index contributed by atoms with van der Waals surface area (Å²) in [7, 11) is 0. The molecule has 0 amide bonds. The van der Waals surface area contributed by atoms with Crippen molar-refractivity contribution >= 4 is 18.1 Å². The van der Waals surface area contributed by atoms with Gasteiger partial charge in [0.1, 0.15) is 0 Å². The van der Waals surface area contributed by atoms with Gasteiger partial charge in [-0.1, -0.05) is 0 Å². The van der Waals surface area contributed by atoms with Crippen molar-refractivity contribution in [3.8, 4) is 0 Å². The number of anilines is 1. The highest BCUT2D eigenvalue weighted by Gasteiger charge is 2.12. The van der Waals surface area contributed by atoms with Crippen molar-refractivity contribution in [3.63, 3.8) is 0 Å². The molecule has 0 spiro atoms. The van der Waals surface area contributed by atoms with E-state index in [1.54, 1.807) is 12.4 Å². The normalized spacial score (nSPS) is 15.9. The smallest absolute Gasteiger partial charge is 0.0717 e. The number of aliphatic hydroxyl groups excluding tert-OH is 1. The van der Waals surface area contributed by atoms with E-state index in [4.69, 9.17) is 5.11 Å². The van der Waals surface area contributed by atoms with Gasteiger partial charge in [0.2, 0.25) is 0 Å². The van der Waals surface area contributed by atoms with E-state index in [2.05, 4.69) is 15.2 Å². The van der Waals surface area contributed by atoms with Gasteiger partial charge in [0, 0.05) is 49.8 Å². The second-order valence-corrected chi connectivity index (χ2v) is 3.40. The van der Waals surface area contributed by atoms with E-state index in [9.17, 15) is 0 Å². The van der Waals surface area contributed by atoms with E-state index in [1.165, 1.54) is 0 Å². The lowest BCUT2D eigenvalue weighted by molar-refractivity contribution is 0.281. The molecule has 0 unspecified atom stereocenters. The van der Waals surface area contributed by atoms with E-state index in [1.807, 2.05) is 6.07 Å². The van der Waals surface area contributed by atoms with Crippen LogP contribution in [0.2, 0.25) is 0 Å². The first kappa shape index (κ1) is 12.2. The number of pyridine rings is 1. The lowest BCUT2D eigenvalue weighted by Crippen LogP contribution is -2.43. The minimum atomic E-state index is 0. The predicted molar refractivity (Wildman–Crippen MR) is 62.5 cm³/mol. The molecule has 0 saturated carbocycles. The number of halogens is 1. The molecule has 2 N–H and O–H groups in total. The van der Waals surface area contributed by atoms with Gasteiger partial charge in [0.15, 0.2) is 0 Å². The number of piperazine rings is 1.